The van der Waals surface area contributed by atoms with Crippen molar-refractivity contribution in [2.24, 2.45) is 0 Å². The Balaban J connectivity index is 1.59. The molecule has 9 heteroatoms. The predicted molar refractivity (Wildman–Crippen MR) is 103 cm³/mol. The number of hydrogen-bond donors (Lipinski definition) is 3. The van der Waals surface area contributed by atoms with E-state index in [2.05, 4.69) is 25.9 Å². The van der Waals surface area contributed by atoms with Gasteiger partial charge in [0.1, 0.15) is 23.7 Å². The second-order valence-electron chi connectivity index (χ2n) is 6.32. The fourth-order valence-electron chi connectivity index (χ4n) is 2.72. The van der Waals surface area contributed by atoms with Crippen LogP contribution in [-0.4, -0.2) is 38.9 Å². The molecule has 9 nitrogen and oxygen atoms in total. The molecular formula is C19H22N6O3. The summed E-state index contributed by atoms with van der Waals surface area (Å²) in [6.45, 7) is 4.13. The topological polar surface area (TPSA) is 114 Å². The van der Waals surface area contributed by atoms with Crippen molar-refractivity contribution in [2.45, 2.75) is 26.9 Å². The number of aromatic amines is 1. The maximum Gasteiger partial charge on any atom is 0.256 e. The number of aryl methyl sites for hydroxylation is 2. The fourth-order valence-corrected chi connectivity index (χ4v) is 2.72. The standard InChI is InChI=1S/C19H22N6O3/c1-12-8-13(2)25(24-12)11-17(26)22-18-16(10-21-23-18)19(27)20-9-14-4-6-15(28-3)7-5-14/h4-8,10H,9,11H2,1-3H3,(H,20,27)(H2,21,22,23,26). The van der Waals surface area contributed by atoms with E-state index < -0.39 is 0 Å². The van der Waals surface area contributed by atoms with Gasteiger partial charge in [-0.1, -0.05) is 12.1 Å². The summed E-state index contributed by atoms with van der Waals surface area (Å²) in [5.41, 5.74) is 2.91. The number of amides is 2. The van der Waals surface area contributed by atoms with E-state index in [1.807, 2.05) is 44.2 Å². The zero-order valence-electron chi connectivity index (χ0n) is 15.9. The molecule has 0 unspecified atom stereocenters. The fraction of sp³-hybridized carbons (Fsp3) is 0.263. The molecule has 0 fully saturated rings. The third kappa shape index (κ3) is 4.56. The number of H-pyrrole nitrogens is 1. The number of methoxy groups -OCH3 is 1. The molecule has 146 valence electrons. The van der Waals surface area contributed by atoms with Crippen LogP contribution in [0.2, 0.25) is 0 Å². The normalized spacial score (nSPS) is 10.5. The molecule has 0 bridgehead atoms. The van der Waals surface area contributed by atoms with Crippen LogP contribution in [0.4, 0.5) is 5.82 Å². The number of carbonyl (C=O) groups excluding carboxylic acids is 2. The molecule has 0 aliphatic heterocycles. The first-order valence-electron chi connectivity index (χ1n) is 8.71. The van der Waals surface area contributed by atoms with Gasteiger partial charge in [0.15, 0.2) is 0 Å². The Kier molecular flexibility index (Phi) is 5.73. The molecule has 3 aromatic rings. The first kappa shape index (κ1) is 19.2. The number of carbonyl (C=O) groups is 2. The third-order valence-corrected chi connectivity index (χ3v) is 4.16. The molecule has 2 aromatic heterocycles. The van der Waals surface area contributed by atoms with Crippen molar-refractivity contribution < 1.29 is 14.3 Å². The van der Waals surface area contributed by atoms with E-state index in [1.54, 1.807) is 11.8 Å². The second-order valence-corrected chi connectivity index (χ2v) is 6.32. The number of anilines is 1. The third-order valence-electron chi connectivity index (χ3n) is 4.16. The number of benzene rings is 1. The Hall–Kier alpha value is -3.62. The number of aromatic nitrogens is 4. The molecule has 2 amide bonds. The lowest BCUT2D eigenvalue weighted by Crippen LogP contribution is -2.25. The van der Waals surface area contributed by atoms with E-state index in [9.17, 15) is 9.59 Å². The predicted octanol–water partition coefficient (Wildman–Crippen LogP) is 1.80. The summed E-state index contributed by atoms with van der Waals surface area (Å²) in [4.78, 5) is 24.7. The molecule has 0 aliphatic carbocycles. The Bertz CT molecular complexity index is 974. The van der Waals surface area contributed by atoms with Gasteiger partial charge in [-0.25, -0.2) is 0 Å². The van der Waals surface area contributed by atoms with Gasteiger partial charge in [-0.2, -0.15) is 10.2 Å². The molecule has 0 aliphatic rings. The van der Waals surface area contributed by atoms with Crippen LogP contribution in [0, 0.1) is 13.8 Å². The van der Waals surface area contributed by atoms with E-state index in [-0.39, 0.29) is 29.7 Å². The lowest BCUT2D eigenvalue weighted by molar-refractivity contribution is -0.117. The average Bonchev–Trinajstić information content (AvgIpc) is 3.26. The number of rotatable bonds is 7. The summed E-state index contributed by atoms with van der Waals surface area (Å²) in [6, 6.07) is 9.27. The Morgan fingerprint density at radius 1 is 1.21 bits per heavy atom. The zero-order chi connectivity index (χ0) is 20.1. The minimum Gasteiger partial charge on any atom is -0.497 e. The van der Waals surface area contributed by atoms with Crippen LogP contribution in [0.5, 0.6) is 5.75 Å². The van der Waals surface area contributed by atoms with E-state index in [4.69, 9.17) is 4.74 Å². The first-order valence-corrected chi connectivity index (χ1v) is 8.71. The molecule has 3 rings (SSSR count). The number of nitrogens with one attached hydrogen (secondary N) is 3. The van der Waals surface area contributed by atoms with E-state index in [1.165, 1.54) is 6.20 Å². The van der Waals surface area contributed by atoms with Crippen molar-refractivity contribution in [3.8, 4) is 5.75 Å². The summed E-state index contributed by atoms with van der Waals surface area (Å²) < 4.78 is 6.71. The summed E-state index contributed by atoms with van der Waals surface area (Å²) in [6.07, 6.45) is 1.38. The monoisotopic (exact) mass is 382 g/mol. The van der Waals surface area contributed by atoms with Crippen molar-refractivity contribution in [3.63, 3.8) is 0 Å². The van der Waals surface area contributed by atoms with Crippen LogP contribution in [-0.2, 0) is 17.9 Å². The highest BCUT2D eigenvalue weighted by Gasteiger charge is 2.16. The number of ether oxygens (including phenoxy) is 1. The minimum atomic E-state index is -0.342. The maximum absolute atomic E-state index is 12.5. The molecule has 3 N–H and O–H groups in total. The van der Waals surface area contributed by atoms with E-state index >= 15 is 0 Å². The SMILES string of the molecule is COc1ccc(CNC(=O)c2cn[nH]c2NC(=O)Cn2nc(C)cc2C)cc1. The van der Waals surface area contributed by atoms with Gasteiger partial charge in [0.25, 0.3) is 5.91 Å². The van der Waals surface area contributed by atoms with Crippen LogP contribution in [0.1, 0.15) is 27.3 Å². The highest BCUT2D eigenvalue weighted by molar-refractivity contribution is 6.02. The van der Waals surface area contributed by atoms with Crippen molar-refractivity contribution in [1.82, 2.24) is 25.3 Å². The smallest absolute Gasteiger partial charge is 0.256 e. The van der Waals surface area contributed by atoms with Crippen LogP contribution in [0.25, 0.3) is 0 Å². The summed E-state index contributed by atoms with van der Waals surface area (Å²) >= 11 is 0. The summed E-state index contributed by atoms with van der Waals surface area (Å²) in [5.74, 6) is 0.349. The molecule has 0 radical (unpaired) electrons. The lowest BCUT2D eigenvalue weighted by Gasteiger charge is -2.08. The van der Waals surface area contributed by atoms with E-state index in [0.717, 1.165) is 22.7 Å². The largest absolute Gasteiger partial charge is 0.497 e. The van der Waals surface area contributed by atoms with Crippen LogP contribution < -0.4 is 15.4 Å². The van der Waals surface area contributed by atoms with Crippen LogP contribution >= 0.6 is 0 Å². The molecule has 0 saturated heterocycles. The highest BCUT2D eigenvalue weighted by Crippen LogP contribution is 2.13. The van der Waals surface area contributed by atoms with E-state index in [0.29, 0.717) is 6.54 Å². The quantitative estimate of drug-likeness (QED) is 0.577. The lowest BCUT2D eigenvalue weighted by atomic mass is 10.2. The van der Waals surface area contributed by atoms with Crippen LogP contribution in [0.3, 0.4) is 0 Å². The van der Waals surface area contributed by atoms with Gasteiger partial charge >= 0.3 is 0 Å². The molecular weight excluding hydrogens is 360 g/mol. The van der Waals surface area contributed by atoms with Gasteiger partial charge in [-0.3, -0.25) is 19.4 Å². The van der Waals surface area contributed by atoms with Crippen molar-refractivity contribution >= 4 is 17.6 Å². The van der Waals surface area contributed by atoms with Crippen molar-refractivity contribution in [3.05, 3.63) is 59.0 Å². The average molecular weight is 382 g/mol. The molecule has 0 saturated carbocycles. The second kappa shape index (κ2) is 8.38. The molecule has 1 aromatic carbocycles. The Morgan fingerprint density at radius 2 is 1.96 bits per heavy atom. The zero-order valence-corrected chi connectivity index (χ0v) is 15.9. The summed E-state index contributed by atoms with van der Waals surface area (Å²) in [5, 5.41) is 16.2. The van der Waals surface area contributed by atoms with Gasteiger partial charge in [0.05, 0.1) is 19.0 Å². The van der Waals surface area contributed by atoms with Gasteiger partial charge < -0.3 is 15.4 Å². The molecule has 0 atom stereocenters. The number of hydrogen-bond acceptors (Lipinski definition) is 5. The minimum absolute atomic E-state index is 0.0472. The van der Waals surface area contributed by atoms with Crippen LogP contribution in [0.15, 0.2) is 36.5 Å². The molecule has 28 heavy (non-hydrogen) atoms. The highest BCUT2D eigenvalue weighted by atomic mass is 16.5. The van der Waals surface area contributed by atoms with Crippen molar-refractivity contribution in [2.75, 3.05) is 12.4 Å². The molecule has 2 heterocycles. The summed E-state index contributed by atoms with van der Waals surface area (Å²) in [7, 11) is 1.60. The molecule has 0 spiro atoms. The first-order chi connectivity index (χ1) is 13.5. The van der Waals surface area contributed by atoms with Crippen molar-refractivity contribution in [1.29, 1.82) is 0 Å². The Labute approximate surface area is 162 Å². The maximum atomic E-state index is 12.5. The number of nitrogens with zero attached hydrogens (tertiary/aromatic N) is 3. The van der Waals surface area contributed by atoms with Gasteiger partial charge in [-0.05, 0) is 37.6 Å². The van der Waals surface area contributed by atoms with Gasteiger partial charge in [0, 0.05) is 12.2 Å². The Morgan fingerprint density at radius 3 is 2.61 bits per heavy atom. The van der Waals surface area contributed by atoms with Gasteiger partial charge in [0.2, 0.25) is 5.91 Å². The van der Waals surface area contributed by atoms with Gasteiger partial charge in [-0.15, -0.1) is 0 Å².